The molecular weight excluding hydrogens is 278 g/mol. The van der Waals surface area contributed by atoms with E-state index in [0.29, 0.717) is 5.75 Å². The van der Waals surface area contributed by atoms with Crippen LogP contribution in [0.4, 0.5) is 0 Å². The molecule has 0 fully saturated rings. The summed E-state index contributed by atoms with van der Waals surface area (Å²) in [6, 6.07) is 11.3. The first-order valence-corrected chi connectivity index (χ1v) is 7.42. The van der Waals surface area contributed by atoms with Gasteiger partial charge in [-0.3, -0.25) is 4.79 Å². The molecule has 2 aromatic rings. The number of amides is 1. The third-order valence-electron chi connectivity index (χ3n) is 3.42. The van der Waals surface area contributed by atoms with Crippen molar-refractivity contribution < 1.29 is 13.9 Å². The lowest BCUT2D eigenvalue weighted by atomic mass is 9.87. The molecule has 1 aromatic carbocycles. The molecule has 1 unspecified atom stereocenters. The third kappa shape index (κ3) is 4.38. The molecular formula is C18H23NO3. The Hall–Kier alpha value is -2.23. The smallest absolute Gasteiger partial charge is 0.258 e. The van der Waals surface area contributed by atoms with Gasteiger partial charge in [-0.25, -0.2) is 0 Å². The van der Waals surface area contributed by atoms with Gasteiger partial charge in [0.2, 0.25) is 0 Å². The van der Waals surface area contributed by atoms with Crippen molar-refractivity contribution in [2.75, 3.05) is 6.61 Å². The second kappa shape index (κ2) is 6.69. The highest BCUT2D eigenvalue weighted by atomic mass is 16.5. The van der Waals surface area contributed by atoms with Crippen LogP contribution in [0.2, 0.25) is 0 Å². The lowest BCUT2D eigenvalue weighted by Gasteiger charge is -2.19. The van der Waals surface area contributed by atoms with E-state index < -0.39 is 0 Å². The highest BCUT2D eigenvalue weighted by molar-refractivity contribution is 5.77. The van der Waals surface area contributed by atoms with E-state index in [2.05, 4.69) is 32.2 Å². The Labute approximate surface area is 131 Å². The van der Waals surface area contributed by atoms with Crippen molar-refractivity contribution in [2.45, 2.75) is 39.2 Å². The van der Waals surface area contributed by atoms with Gasteiger partial charge in [-0.05, 0) is 42.2 Å². The van der Waals surface area contributed by atoms with E-state index in [-0.39, 0.29) is 24.0 Å². The standard InChI is InChI=1S/C18H23NO3/c1-13(16-9-6-10-21-16)19-17(20)12-22-15-8-5-7-14(11-15)18(2,3)4/h5-11,13H,12H2,1-4H3,(H,19,20). The summed E-state index contributed by atoms with van der Waals surface area (Å²) >= 11 is 0. The van der Waals surface area contributed by atoms with Crippen molar-refractivity contribution in [1.82, 2.24) is 5.32 Å². The first-order valence-electron chi connectivity index (χ1n) is 7.42. The fourth-order valence-corrected chi connectivity index (χ4v) is 2.09. The summed E-state index contributed by atoms with van der Waals surface area (Å²) in [5.41, 5.74) is 1.23. The number of carbonyl (C=O) groups is 1. The third-order valence-corrected chi connectivity index (χ3v) is 3.42. The van der Waals surface area contributed by atoms with Crippen molar-refractivity contribution in [3.63, 3.8) is 0 Å². The number of nitrogens with one attached hydrogen (secondary N) is 1. The molecule has 0 bridgehead atoms. The Bertz CT molecular complexity index is 612. The van der Waals surface area contributed by atoms with Gasteiger partial charge in [0.15, 0.2) is 6.61 Å². The van der Waals surface area contributed by atoms with Gasteiger partial charge in [-0.2, -0.15) is 0 Å². The number of furan rings is 1. The Kier molecular flexibility index (Phi) is 4.91. The maximum absolute atomic E-state index is 11.9. The van der Waals surface area contributed by atoms with Crippen LogP contribution in [0.5, 0.6) is 5.75 Å². The summed E-state index contributed by atoms with van der Waals surface area (Å²) in [5.74, 6) is 1.25. The van der Waals surface area contributed by atoms with E-state index in [1.54, 1.807) is 12.3 Å². The van der Waals surface area contributed by atoms with Gasteiger partial charge < -0.3 is 14.5 Å². The van der Waals surface area contributed by atoms with Crippen molar-refractivity contribution in [2.24, 2.45) is 0 Å². The zero-order chi connectivity index (χ0) is 16.2. The van der Waals surface area contributed by atoms with Crippen LogP contribution in [0.3, 0.4) is 0 Å². The van der Waals surface area contributed by atoms with Crippen molar-refractivity contribution >= 4 is 5.91 Å². The number of benzene rings is 1. The van der Waals surface area contributed by atoms with Crippen LogP contribution in [0.1, 0.15) is 45.1 Å². The minimum absolute atomic E-state index is 0.0152. The summed E-state index contributed by atoms with van der Waals surface area (Å²) < 4.78 is 10.8. The Balaban J connectivity index is 1.89. The van der Waals surface area contributed by atoms with E-state index in [1.165, 1.54) is 5.56 Å². The Morgan fingerprint density at radius 1 is 1.27 bits per heavy atom. The van der Waals surface area contributed by atoms with Gasteiger partial charge in [-0.1, -0.05) is 32.9 Å². The second-order valence-electron chi connectivity index (χ2n) is 6.37. The van der Waals surface area contributed by atoms with E-state index >= 15 is 0 Å². The highest BCUT2D eigenvalue weighted by Crippen LogP contribution is 2.25. The van der Waals surface area contributed by atoms with E-state index in [9.17, 15) is 4.79 Å². The van der Waals surface area contributed by atoms with Crippen molar-refractivity contribution in [1.29, 1.82) is 0 Å². The number of carbonyl (C=O) groups excluding carboxylic acids is 1. The van der Waals surface area contributed by atoms with E-state index in [1.807, 2.05) is 31.2 Å². The molecule has 1 amide bonds. The average Bonchev–Trinajstić information content (AvgIpc) is 2.99. The summed E-state index contributed by atoms with van der Waals surface area (Å²) in [7, 11) is 0. The van der Waals surface area contributed by atoms with Crippen LogP contribution in [0, 0.1) is 0 Å². The summed E-state index contributed by atoms with van der Waals surface area (Å²) in [6.07, 6.45) is 1.59. The fourth-order valence-electron chi connectivity index (χ4n) is 2.09. The van der Waals surface area contributed by atoms with E-state index in [4.69, 9.17) is 9.15 Å². The van der Waals surface area contributed by atoms with Gasteiger partial charge >= 0.3 is 0 Å². The molecule has 4 heteroatoms. The summed E-state index contributed by atoms with van der Waals surface area (Å²) in [5, 5.41) is 2.84. The van der Waals surface area contributed by atoms with Crippen LogP contribution in [-0.4, -0.2) is 12.5 Å². The molecule has 1 N–H and O–H groups in total. The molecule has 0 saturated carbocycles. The van der Waals surface area contributed by atoms with Crippen molar-refractivity contribution in [3.05, 3.63) is 54.0 Å². The molecule has 0 aliphatic rings. The maximum Gasteiger partial charge on any atom is 0.258 e. The van der Waals surface area contributed by atoms with Gasteiger partial charge in [0.25, 0.3) is 5.91 Å². The molecule has 22 heavy (non-hydrogen) atoms. The first kappa shape index (κ1) is 16.1. The Morgan fingerprint density at radius 3 is 2.68 bits per heavy atom. The number of rotatable bonds is 5. The molecule has 0 aliphatic carbocycles. The lowest BCUT2D eigenvalue weighted by Crippen LogP contribution is -2.31. The fraction of sp³-hybridized carbons (Fsp3) is 0.389. The molecule has 1 aromatic heterocycles. The minimum atomic E-state index is -0.176. The molecule has 0 spiro atoms. The van der Waals surface area contributed by atoms with Crippen LogP contribution >= 0.6 is 0 Å². The molecule has 0 saturated heterocycles. The van der Waals surface area contributed by atoms with Crippen LogP contribution in [0.25, 0.3) is 0 Å². The second-order valence-corrected chi connectivity index (χ2v) is 6.37. The largest absolute Gasteiger partial charge is 0.484 e. The lowest BCUT2D eigenvalue weighted by molar-refractivity contribution is -0.123. The molecule has 1 heterocycles. The average molecular weight is 301 g/mol. The molecule has 4 nitrogen and oxygen atoms in total. The zero-order valence-corrected chi connectivity index (χ0v) is 13.6. The monoisotopic (exact) mass is 301 g/mol. The predicted molar refractivity (Wildman–Crippen MR) is 85.9 cm³/mol. The summed E-state index contributed by atoms with van der Waals surface area (Å²) in [4.78, 5) is 11.9. The van der Waals surface area contributed by atoms with Crippen LogP contribution in [0.15, 0.2) is 47.1 Å². The van der Waals surface area contributed by atoms with Crippen LogP contribution < -0.4 is 10.1 Å². The summed E-state index contributed by atoms with van der Waals surface area (Å²) in [6.45, 7) is 8.28. The number of hydrogen-bond acceptors (Lipinski definition) is 3. The molecule has 1 atom stereocenters. The predicted octanol–water partition coefficient (Wildman–Crippen LogP) is 3.83. The normalized spacial score (nSPS) is 12.7. The quantitative estimate of drug-likeness (QED) is 0.913. The van der Waals surface area contributed by atoms with Gasteiger partial charge in [0.05, 0.1) is 12.3 Å². The van der Waals surface area contributed by atoms with Gasteiger partial charge in [0.1, 0.15) is 11.5 Å². The molecule has 0 aliphatic heterocycles. The van der Waals surface area contributed by atoms with Crippen molar-refractivity contribution in [3.8, 4) is 5.75 Å². The topological polar surface area (TPSA) is 51.5 Å². The minimum Gasteiger partial charge on any atom is -0.484 e. The molecule has 2 rings (SSSR count). The number of hydrogen-bond donors (Lipinski definition) is 1. The molecule has 118 valence electrons. The SMILES string of the molecule is CC(NC(=O)COc1cccc(C(C)(C)C)c1)c1ccco1. The van der Waals surface area contributed by atoms with Crippen LogP contribution in [-0.2, 0) is 10.2 Å². The number of ether oxygens (including phenoxy) is 1. The molecule has 0 radical (unpaired) electrons. The first-order chi connectivity index (χ1) is 10.4. The Morgan fingerprint density at radius 2 is 2.05 bits per heavy atom. The van der Waals surface area contributed by atoms with Gasteiger partial charge in [0, 0.05) is 0 Å². The maximum atomic E-state index is 11.9. The van der Waals surface area contributed by atoms with Gasteiger partial charge in [-0.15, -0.1) is 0 Å². The van der Waals surface area contributed by atoms with E-state index in [0.717, 1.165) is 5.76 Å². The highest BCUT2D eigenvalue weighted by Gasteiger charge is 2.15. The zero-order valence-electron chi connectivity index (χ0n) is 13.6.